The molecule has 24 heavy (non-hydrogen) atoms. The van der Waals surface area contributed by atoms with Crippen LogP contribution in [0.25, 0.3) is 0 Å². The molecule has 0 amide bonds. The first-order chi connectivity index (χ1) is 11.6. The van der Waals surface area contributed by atoms with Gasteiger partial charge in [0.25, 0.3) is 0 Å². The molecule has 2 aromatic heterocycles. The molecule has 1 saturated heterocycles. The highest BCUT2D eigenvalue weighted by Gasteiger charge is 2.43. The summed E-state index contributed by atoms with van der Waals surface area (Å²) in [6, 6.07) is 8.13. The monoisotopic (exact) mass is 365 g/mol. The highest BCUT2D eigenvalue weighted by molar-refractivity contribution is 7.16. The number of thiophene rings is 1. The van der Waals surface area contributed by atoms with E-state index in [0.717, 1.165) is 23.8 Å². The lowest BCUT2D eigenvalue weighted by atomic mass is 10.1. The zero-order chi connectivity index (χ0) is 16.7. The second-order valence-corrected chi connectivity index (χ2v) is 8.59. The number of nitrogens with zero attached hydrogens (tertiary/aromatic N) is 2. The van der Waals surface area contributed by atoms with E-state index in [1.807, 2.05) is 11.0 Å². The Morgan fingerprint density at radius 3 is 3.04 bits per heavy atom. The Morgan fingerprint density at radius 2 is 2.29 bits per heavy atom. The Labute approximate surface area is 150 Å². The normalized spacial score (nSPS) is 27.5. The fraction of sp³-hybridized carbons (Fsp3) is 0.500. The smallest absolute Gasteiger partial charge is 0.165 e. The van der Waals surface area contributed by atoms with Crippen LogP contribution in [-0.4, -0.2) is 30.2 Å². The molecule has 3 heterocycles. The van der Waals surface area contributed by atoms with Gasteiger partial charge < -0.3 is 10.2 Å². The predicted molar refractivity (Wildman–Crippen MR) is 97.6 cm³/mol. The van der Waals surface area contributed by atoms with Gasteiger partial charge in [0.1, 0.15) is 0 Å². The maximum atomic E-state index is 13.9. The summed E-state index contributed by atoms with van der Waals surface area (Å²) in [5, 5.41) is 3.75. The minimum atomic E-state index is -0.233. The molecule has 2 aliphatic rings. The molecule has 4 rings (SSSR count). The second-order valence-electron chi connectivity index (χ2n) is 6.84. The highest BCUT2D eigenvalue weighted by Crippen LogP contribution is 2.52. The molecule has 0 radical (unpaired) electrons. The van der Waals surface area contributed by atoms with E-state index in [9.17, 15) is 4.39 Å². The summed E-state index contributed by atoms with van der Waals surface area (Å²) in [5.41, 5.74) is 0. The third-order valence-electron chi connectivity index (χ3n) is 5.17. The lowest BCUT2D eigenvalue weighted by molar-refractivity contribution is 0.428. The van der Waals surface area contributed by atoms with E-state index in [1.54, 1.807) is 23.6 Å². The van der Waals surface area contributed by atoms with Gasteiger partial charge in [0.2, 0.25) is 0 Å². The van der Waals surface area contributed by atoms with Crippen molar-refractivity contribution in [3.8, 4) is 0 Å². The summed E-state index contributed by atoms with van der Waals surface area (Å²) in [7, 11) is 0. The van der Waals surface area contributed by atoms with Gasteiger partial charge in [-0.2, -0.15) is 0 Å². The molecule has 0 aromatic carbocycles. The topological polar surface area (TPSA) is 28.2 Å². The molecule has 1 saturated carbocycles. The molecule has 2 fully saturated rings. The van der Waals surface area contributed by atoms with Crippen molar-refractivity contribution in [2.75, 3.05) is 18.0 Å². The fourth-order valence-corrected chi connectivity index (χ4v) is 5.07. The summed E-state index contributed by atoms with van der Waals surface area (Å²) >= 11 is 7.75. The Bertz CT molecular complexity index is 722. The lowest BCUT2D eigenvalue weighted by Gasteiger charge is -2.21. The molecule has 0 bridgehead atoms. The van der Waals surface area contributed by atoms with Crippen LogP contribution in [0.15, 0.2) is 30.5 Å². The summed E-state index contributed by atoms with van der Waals surface area (Å²) in [6.07, 6.45) is 3.92. The first kappa shape index (κ1) is 16.3. The molecule has 0 spiro atoms. The van der Waals surface area contributed by atoms with E-state index < -0.39 is 0 Å². The van der Waals surface area contributed by atoms with Gasteiger partial charge >= 0.3 is 0 Å². The van der Waals surface area contributed by atoms with E-state index in [0.29, 0.717) is 29.7 Å². The van der Waals surface area contributed by atoms with Crippen molar-refractivity contribution >= 4 is 28.8 Å². The number of rotatable bonds is 5. The van der Waals surface area contributed by atoms with E-state index >= 15 is 0 Å². The Balaban J connectivity index is 1.32. The Hall–Kier alpha value is -1.17. The Morgan fingerprint density at radius 1 is 1.42 bits per heavy atom. The standard InChI is InChI=1S/C18H21ClFN3S/c1-11(13-9-14(13)16-4-5-17(19)24-16)22-12-6-8-23(10-12)18-15(20)3-2-7-21-18/h2-5,7,11-14,22H,6,8-10H2,1H3/t11-,12-,13+,14-/m1/s1. The molecule has 4 atom stereocenters. The average molecular weight is 366 g/mol. The molecule has 3 nitrogen and oxygen atoms in total. The van der Waals surface area contributed by atoms with Crippen molar-refractivity contribution in [3.05, 3.63) is 45.5 Å². The van der Waals surface area contributed by atoms with Gasteiger partial charge in [0.05, 0.1) is 4.34 Å². The quantitative estimate of drug-likeness (QED) is 0.856. The number of pyridine rings is 1. The maximum absolute atomic E-state index is 13.9. The average Bonchev–Trinajstić information content (AvgIpc) is 3.04. The maximum Gasteiger partial charge on any atom is 0.165 e. The van der Waals surface area contributed by atoms with E-state index in [1.165, 1.54) is 17.4 Å². The molecule has 1 aliphatic carbocycles. The van der Waals surface area contributed by atoms with Crippen molar-refractivity contribution < 1.29 is 4.39 Å². The zero-order valence-electron chi connectivity index (χ0n) is 13.6. The third kappa shape index (κ3) is 3.30. The minimum Gasteiger partial charge on any atom is -0.353 e. The molecule has 128 valence electrons. The summed E-state index contributed by atoms with van der Waals surface area (Å²) in [6.45, 7) is 3.94. The van der Waals surface area contributed by atoms with Crippen LogP contribution >= 0.6 is 22.9 Å². The predicted octanol–water partition coefficient (Wildman–Crippen LogP) is 4.30. The summed E-state index contributed by atoms with van der Waals surface area (Å²) in [4.78, 5) is 7.64. The number of nitrogens with one attached hydrogen (secondary N) is 1. The number of halogens is 2. The van der Waals surface area contributed by atoms with Crippen LogP contribution in [0.4, 0.5) is 10.2 Å². The van der Waals surface area contributed by atoms with Crippen molar-refractivity contribution in [1.29, 1.82) is 0 Å². The minimum absolute atomic E-state index is 0.233. The first-order valence-corrected chi connectivity index (χ1v) is 9.68. The number of anilines is 1. The van der Waals surface area contributed by atoms with Gasteiger partial charge in [0.15, 0.2) is 11.6 Å². The van der Waals surface area contributed by atoms with Crippen molar-refractivity contribution in [3.63, 3.8) is 0 Å². The third-order valence-corrected chi connectivity index (χ3v) is 6.53. The van der Waals surface area contributed by atoms with Gasteiger partial charge in [-0.3, -0.25) is 0 Å². The van der Waals surface area contributed by atoms with Crippen LogP contribution in [0, 0.1) is 11.7 Å². The summed E-state index contributed by atoms with van der Waals surface area (Å²) < 4.78 is 14.8. The fourth-order valence-electron chi connectivity index (χ4n) is 3.82. The molecule has 1 N–H and O–H groups in total. The van der Waals surface area contributed by atoms with E-state index in [2.05, 4.69) is 23.3 Å². The van der Waals surface area contributed by atoms with Gasteiger partial charge in [-0.15, -0.1) is 11.3 Å². The zero-order valence-corrected chi connectivity index (χ0v) is 15.2. The van der Waals surface area contributed by atoms with Crippen LogP contribution in [0.3, 0.4) is 0 Å². The van der Waals surface area contributed by atoms with Crippen molar-refractivity contribution in [2.24, 2.45) is 5.92 Å². The van der Waals surface area contributed by atoms with E-state index in [4.69, 9.17) is 11.6 Å². The van der Waals surface area contributed by atoms with Gasteiger partial charge in [0, 0.05) is 36.2 Å². The molecular weight excluding hydrogens is 345 g/mol. The second kappa shape index (κ2) is 6.62. The highest BCUT2D eigenvalue weighted by atomic mass is 35.5. The van der Waals surface area contributed by atoms with Gasteiger partial charge in [-0.25, -0.2) is 9.37 Å². The van der Waals surface area contributed by atoms with Crippen LogP contribution in [0.2, 0.25) is 4.34 Å². The molecule has 2 aromatic rings. The largest absolute Gasteiger partial charge is 0.353 e. The molecule has 1 aliphatic heterocycles. The lowest BCUT2D eigenvalue weighted by Crippen LogP contribution is -2.40. The van der Waals surface area contributed by atoms with Gasteiger partial charge in [-0.1, -0.05) is 11.6 Å². The SMILES string of the molecule is C[C@@H](N[C@@H]1CCN(c2ncccc2F)C1)[C@@H]1C[C@H]1c1ccc(Cl)s1. The van der Waals surface area contributed by atoms with Crippen molar-refractivity contribution in [2.45, 2.75) is 37.8 Å². The summed E-state index contributed by atoms with van der Waals surface area (Å²) in [5.74, 6) is 1.58. The first-order valence-electron chi connectivity index (χ1n) is 8.48. The number of hydrogen-bond acceptors (Lipinski definition) is 4. The van der Waals surface area contributed by atoms with Crippen LogP contribution in [0.5, 0.6) is 0 Å². The number of aromatic nitrogens is 1. The van der Waals surface area contributed by atoms with Crippen LogP contribution in [-0.2, 0) is 0 Å². The molecule has 0 unspecified atom stereocenters. The van der Waals surface area contributed by atoms with E-state index in [-0.39, 0.29) is 5.82 Å². The van der Waals surface area contributed by atoms with Crippen LogP contribution in [0.1, 0.15) is 30.6 Å². The Kier molecular flexibility index (Phi) is 4.50. The molecule has 6 heteroatoms. The number of hydrogen-bond donors (Lipinski definition) is 1. The van der Waals surface area contributed by atoms with Crippen molar-refractivity contribution in [1.82, 2.24) is 10.3 Å². The van der Waals surface area contributed by atoms with Crippen LogP contribution < -0.4 is 10.2 Å². The van der Waals surface area contributed by atoms with Gasteiger partial charge in [-0.05, 0) is 55.9 Å². The molecular formula is C18H21ClFN3S.